The van der Waals surface area contributed by atoms with Crippen molar-refractivity contribution >= 4 is 48.2 Å². The van der Waals surface area contributed by atoms with Gasteiger partial charge in [-0.3, -0.25) is 9.59 Å². The lowest BCUT2D eigenvalue weighted by molar-refractivity contribution is -0.119. The zero-order chi connectivity index (χ0) is 26.4. The highest BCUT2D eigenvalue weighted by Gasteiger charge is 2.26. The van der Waals surface area contributed by atoms with Gasteiger partial charge in [0.2, 0.25) is 11.8 Å². The predicted molar refractivity (Wildman–Crippen MR) is 145 cm³/mol. The molecule has 0 rings (SSSR count). The van der Waals surface area contributed by atoms with E-state index in [-0.39, 0.29) is 49.7 Å². The van der Waals surface area contributed by atoms with Crippen LogP contribution in [0, 0.1) is 0 Å². The molecule has 10 nitrogen and oxygen atoms in total. The summed E-state index contributed by atoms with van der Waals surface area (Å²) in [5, 5.41) is 5.67. The Morgan fingerprint density at radius 2 is 0.857 bits per heavy atom. The van der Waals surface area contributed by atoms with Gasteiger partial charge in [0.15, 0.2) is 0 Å². The zero-order valence-corrected chi connectivity index (χ0v) is 25.0. The summed E-state index contributed by atoms with van der Waals surface area (Å²) in [6.07, 6.45) is 7.11. The summed E-state index contributed by atoms with van der Waals surface area (Å²) in [6, 6.07) is 0. The van der Waals surface area contributed by atoms with Gasteiger partial charge in [-0.1, -0.05) is 32.1 Å². The van der Waals surface area contributed by atoms with Gasteiger partial charge < -0.3 is 28.7 Å². The maximum absolute atomic E-state index is 12.3. The number of hydrogen-bond donors (Lipinski definition) is 2. The lowest BCUT2D eigenvalue weighted by Crippen LogP contribution is -2.26. The topological polar surface area (TPSA) is 129 Å². The Bertz CT molecular complexity index is 599. The van der Waals surface area contributed by atoms with E-state index < -0.39 is 13.6 Å². The number of carbonyl (C=O) groups excluding carboxylic acids is 2. The minimum absolute atomic E-state index is 0.0465. The van der Waals surface area contributed by atoms with Crippen LogP contribution in [-0.4, -0.2) is 62.8 Å². The highest BCUT2D eigenvalue weighted by atomic mass is 32.7. The monoisotopic (exact) mass is 578 g/mol. The zero-order valence-electron chi connectivity index (χ0n) is 21.6. The first-order valence-corrected chi connectivity index (χ1v) is 18.6. The normalized spacial score (nSPS) is 12.0. The minimum atomic E-state index is -3.25. The van der Waals surface area contributed by atoms with E-state index in [1.54, 1.807) is 27.7 Å². The van der Waals surface area contributed by atoms with Crippen LogP contribution >= 0.6 is 36.4 Å². The molecule has 0 aromatic heterocycles. The van der Waals surface area contributed by atoms with Crippen LogP contribution < -0.4 is 10.6 Å². The van der Waals surface area contributed by atoms with Gasteiger partial charge in [0.25, 0.3) is 0 Å². The van der Waals surface area contributed by atoms with E-state index in [9.17, 15) is 18.7 Å². The van der Waals surface area contributed by atoms with Crippen molar-refractivity contribution in [3.63, 3.8) is 0 Å². The molecule has 0 saturated carbocycles. The molecule has 0 aliphatic carbocycles. The number of nitrogens with one attached hydrogen (secondary N) is 2. The van der Waals surface area contributed by atoms with Crippen LogP contribution in [0.1, 0.15) is 72.6 Å². The summed E-state index contributed by atoms with van der Waals surface area (Å²) in [5.41, 5.74) is 0. The fraction of sp³-hybridized carbons (Fsp3) is 0.905. The number of amides is 2. The predicted octanol–water partition coefficient (Wildman–Crippen LogP) is 5.78. The van der Waals surface area contributed by atoms with Gasteiger partial charge in [0.05, 0.1) is 37.9 Å². The molecule has 0 saturated heterocycles. The summed E-state index contributed by atoms with van der Waals surface area (Å²) >= 11 is 1.84. The van der Waals surface area contributed by atoms with Crippen molar-refractivity contribution in [3.05, 3.63) is 0 Å². The molecule has 2 amide bonds. The molecule has 0 spiro atoms. The molecular formula is C21H44N2O8P2S2. The van der Waals surface area contributed by atoms with Crippen LogP contribution in [-0.2, 0) is 36.8 Å². The van der Waals surface area contributed by atoms with Gasteiger partial charge in [-0.25, -0.2) is 9.13 Å². The van der Waals surface area contributed by atoms with E-state index in [2.05, 4.69) is 10.6 Å². The van der Waals surface area contributed by atoms with Crippen molar-refractivity contribution in [2.45, 2.75) is 72.6 Å². The van der Waals surface area contributed by atoms with E-state index in [4.69, 9.17) is 18.1 Å². The first-order chi connectivity index (χ1) is 16.7. The highest BCUT2D eigenvalue weighted by Crippen LogP contribution is 2.60. The Hall–Kier alpha value is -0.0600. The summed E-state index contributed by atoms with van der Waals surface area (Å²) in [6.45, 7) is 2.72. The van der Waals surface area contributed by atoms with Crippen molar-refractivity contribution in [2.24, 2.45) is 0 Å². The number of unbranched alkanes of at least 4 members (excludes halogenated alkanes) is 6. The molecule has 0 fully saturated rings. The standard InChI is InChI=1S/C21H44N2O8P2S2/c1-5-28-32(26,29-6-2)34-18-20(24)22-16-14-12-10-9-11-13-15-17-23-21(25)19-35-33(27,30-7-3)31-8-4/h5-19H2,1-4H3,(H,22,24)(H,23,25). The van der Waals surface area contributed by atoms with Crippen molar-refractivity contribution in [2.75, 3.05) is 51.0 Å². The Labute approximate surface area is 219 Å². The first-order valence-electron chi connectivity index (χ1n) is 12.3. The van der Waals surface area contributed by atoms with Crippen LogP contribution in [0.5, 0.6) is 0 Å². The average molecular weight is 579 g/mol. The molecule has 0 radical (unpaired) electrons. The van der Waals surface area contributed by atoms with Crippen molar-refractivity contribution in [1.29, 1.82) is 0 Å². The Kier molecular flexibility index (Phi) is 21.9. The second-order valence-corrected chi connectivity index (χ2v) is 15.4. The van der Waals surface area contributed by atoms with Gasteiger partial charge in [-0.15, -0.1) is 0 Å². The van der Waals surface area contributed by atoms with Gasteiger partial charge >= 0.3 is 13.6 Å². The summed E-state index contributed by atoms with van der Waals surface area (Å²) in [7, 11) is 0. The van der Waals surface area contributed by atoms with Crippen LogP contribution in [0.25, 0.3) is 0 Å². The maximum Gasteiger partial charge on any atom is 0.389 e. The minimum Gasteiger partial charge on any atom is -0.355 e. The number of hydrogen-bond acceptors (Lipinski definition) is 10. The fourth-order valence-electron chi connectivity index (χ4n) is 2.82. The molecule has 2 N–H and O–H groups in total. The first kappa shape index (κ1) is 34.9. The largest absolute Gasteiger partial charge is 0.389 e. The van der Waals surface area contributed by atoms with E-state index in [1.165, 1.54) is 0 Å². The molecular weight excluding hydrogens is 534 g/mol. The smallest absolute Gasteiger partial charge is 0.355 e. The van der Waals surface area contributed by atoms with Gasteiger partial charge in [-0.05, 0) is 63.3 Å². The molecule has 0 aromatic rings. The third-order valence-corrected chi connectivity index (χ3v) is 12.0. The molecule has 0 aliphatic heterocycles. The molecule has 0 aromatic carbocycles. The lowest BCUT2D eigenvalue weighted by atomic mass is 10.1. The fourth-order valence-corrected chi connectivity index (χ4v) is 9.10. The van der Waals surface area contributed by atoms with E-state index >= 15 is 0 Å². The molecule has 0 atom stereocenters. The van der Waals surface area contributed by atoms with E-state index in [0.29, 0.717) is 13.1 Å². The van der Waals surface area contributed by atoms with Crippen LogP contribution in [0.15, 0.2) is 0 Å². The lowest BCUT2D eigenvalue weighted by Gasteiger charge is -2.15. The third-order valence-electron chi connectivity index (χ3n) is 4.35. The van der Waals surface area contributed by atoms with Gasteiger partial charge in [0, 0.05) is 13.1 Å². The summed E-state index contributed by atoms with van der Waals surface area (Å²) in [4.78, 5) is 23.8. The van der Waals surface area contributed by atoms with Crippen molar-refractivity contribution in [3.8, 4) is 0 Å². The summed E-state index contributed by atoms with van der Waals surface area (Å²) < 4.78 is 45.2. The Morgan fingerprint density at radius 1 is 0.571 bits per heavy atom. The molecule has 0 unspecified atom stereocenters. The Balaban J connectivity index is 3.67. The third kappa shape index (κ3) is 19.7. The summed E-state index contributed by atoms with van der Waals surface area (Å²) in [5.74, 6) is -0.252. The number of carbonyl (C=O) groups is 2. The SMILES string of the molecule is CCOP(=O)(OCC)SCC(=O)NCCCCCCCCCNC(=O)CSP(=O)(OCC)OCC. The average Bonchev–Trinajstić information content (AvgIpc) is 2.80. The van der Waals surface area contributed by atoms with E-state index in [0.717, 1.165) is 67.7 Å². The van der Waals surface area contributed by atoms with Crippen molar-refractivity contribution < 1.29 is 36.8 Å². The molecule has 208 valence electrons. The molecule has 35 heavy (non-hydrogen) atoms. The van der Waals surface area contributed by atoms with E-state index in [1.807, 2.05) is 0 Å². The number of rotatable bonds is 24. The quantitative estimate of drug-likeness (QED) is 0.107. The molecule has 14 heteroatoms. The van der Waals surface area contributed by atoms with Crippen molar-refractivity contribution in [1.82, 2.24) is 10.6 Å². The molecule has 0 heterocycles. The van der Waals surface area contributed by atoms with Gasteiger partial charge in [0.1, 0.15) is 0 Å². The second-order valence-electron chi connectivity index (χ2n) is 7.29. The van der Waals surface area contributed by atoms with Crippen LogP contribution in [0.4, 0.5) is 0 Å². The van der Waals surface area contributed by atoms with Crippen LogP contribution in [0.2, 0.25) is 0 Å². The maximum atomic E-state index is 12.3. The molecule has 0 bridgehead atoms. The van der Waals surface area contributed by atoms with Gasteiger partial charge in [-0.2, -0.15) is 0 Å². The van der Waals surface area contributed by atoms with Crippen LogP contribution in [0.3, 0.4) is 0 Å². The Morgan fingerprint density at radius 3 is 1.14 bits per heavy atom. The highest BCUT2D eigenvalue weighted by molar-refractivity contribution is 8.55. The molecule has 0 aliphatic rings. The second kappa shape index (κ2) is 22.0.